The summed E-state index contributed by atoms with van der Waals surface area (Å²) in [5, 5.41) is 8.73. The first-order valence-electron chi connectivity index (χ1n) is 5.42. The number of hydrogen-bond acceptors (Lipinski definition) is 3. The van der Waals surface area contributed by atoms with Crippen LogP contribution in [0.2, 0.25) is 0 Å². The summed E-state index contributed by atoms with van der Waals surface area (Å²) in [6, 6.07) is 6.09. The van der Waals surface area contributed by atoms with Gasteiger partial charge < -0.3 is 14.6 Å². The third kappa shape index (κ3) is 2.94. The summed E-state index contributed by atoms with van der Waals surface area (Å²) in [5.41, 5.74) is 0. The van der Waals surface area contributed by atoms with Crippen LogP contribution in [0.4, 0.5) is 4.39 Å². The molecule has 0 bridgehead atoms. The third-order valence-corrected chi connectivity index (χ3v) is 2.64. The summed E-state index contributed by atoms with van der Waals surface area (Å²) in [7, 11) is 0. The van der Waals surface area contributed by atoms with Gasteiger partial charge in [0.25, 0.3) is 0 Å². The van der Waals surface area contributed by atoms with E-state index in [1.807, 2.05) is 0 Å². The Kier molecular flexibility index (Phi) is 3.58. The van der Waals surface area contributed by atoms with Gasteiger partial charge in [-0.15, -0.1) is 0 Å². The molecule has 1 saturated heterocycles. The zero-order chi connectivity index (χ0) is 12.3. The molecule has 0 amide bonds. The van der Waals surface area contributed by atoms with Gasteiger partial charge in [-0.25, -0.2) is 9.18 Å². The number of benzene rings is 1. The number of aliphatic carboxylic acids is 1. The molecule has 1 aliphatic heterocycles. The number of rotatable bonds is 4. The molecule has 2 atom stereocenters. The van der Waals surface area contributed by atoms with Gasteiger partial charge in [-0.3, -0.25) is 0 Å². The molecule has 0 saturated carbocycles. The average Bonchev–Trinajstić information content (AvgIpc) is 2.77. The monoisotopic (exact) mass is 240 g/mol. The highest BCUT2D eigenvalue weighted by atomic mass is 19.1. The van der Waals surface area contributed by atoms with Crippen molar-refractivity contribution in [3.63, 3.8) is 0 Å². The van der Waals surface area contributed by atoms with Crippen LogP contribution in [-0.2, 0) is 9.53 Å². The molecule has 1 N–H and O–H groups in total. The number of carbonyl (C=O) groups is 1. The van der Waals surface area contributed by atoms with E-state index < -0.39 is 17.9 Å². The molecule has 17 heavy (non-hydrogen) atoms. The Morgan fingerprint density at radius 2 is 2.24 bits per heavy atom. The van der Waals surface area contributed by atoms with Crippen molar-refractivity contribution in [2.75, 3.05) is 6.61 Å². The Bertz CT molecular complexity index is 407. The fourth-order valence-electron chi connectivity index (χ4n) is 1.75. The smallest absolute Gasteiger partial charge is 0.332 e. The van der Waals surface area contributed by atoms with Crippen LogP contribution in [0, 0.1) is 5.82 Å². The topological polar surface area (TPSA) is 55.8 Å². The molecule has 1 heterocycles. The number of hydrogen-bond donors (Lipinski definition) is 1. The molecule has 5 heteroatoms. The zero-order valence-corrected chi connectivity index (χ0v) is 9.14. The van der Waals surface area contributed by atoms with Gasteiger partial charge in [0.15, 0.2) is 17.7 Å². The van der Waals surface area contributed by atoms with E-state index >= 15 is 0 Å². The number of halogens is 1. The van der Waals surface area contributed by atoms with Crippen LogP contribution in [0.5, 0.6) is 5.75 Å². The Hall–Kier alpha value is -1.62. The first kappa shape index (κ1) is 11.9. The van der Waals surface area contributed by atoms with Gasteiger partial charge in [0, 0.05) is 0 Å². The van der Waals surface area contributed by atoms with Crippen molar-refractivity contribution in [3.8, 4) is 5.75 Å². The first-order chi connectivity index (χ1) is 8.16. The minimum atomic E-state index is -0.960. The lowest BCUT2D eigenvalue weighted by molar-refractivity contribution is -0.149. The summed E-state index contributed by atoms with van der Waals surface area (Å²) in [4.78, 5) is 10.6. The van der Waals surface area contributed by atoms with E-state index in [4.69, 9.17) is 14.6 Å². The second-order valence-electron chi connectivity index (χ2n) is 3.90. The van der Waals surface area contributed by atoms with E-state index in [9.17, 15) is 9.18 Å². The Labute approximate surface area is 98.0 Å². The largest absolute Gasteiger partial charge is 0.488 e. The van der Waals surface area contributed by atoms with Crippen molar-refractivity contribution < 1.29 is 23.8 Å². The fourth-order valence-corrected chi connectivity index (χ4v) is 1.75. The van der Waals surface area contributed by atoms with Gasteiger partial charge in [0.05, 0.1) is 6.10 Å². The van der Waals surface area contributed by atoms with Gasteiger partial charge >= 0.3 is 5.97 Å². The molecule has 0 aromatic heterocycles. The lowest BCUT2D eigenvalue weighted by atomic mass is 10.2. The Morgan fingerprint density at radius 3 is 2.88 bits per heavy atom. The van der Waals surface area contributed by atoms with E-state index in [1.165, 1.54) is 12.1 Å². The number of ether oxygens (including phenoxy) is 2. The van der Waals surface area contributed by atoms with Crippen LogP contribution < -0.4 is 4.74 Å². The lowest BCUT2D eigenvalue weighted by Crippen LogP contribution is -2.23. The predicted octanol–water partition coefficient (Wildman–Crippen LogP) is 1.84. The van der Waals surface area contributed by atoms with E-state index in [0.717, 1.165) is 0 Å². The van der Waals surface area contributed by atoms with Gasteiger partial charge in [-0.1, -0.05) is 12.1 Å². The lowest BCUT2D eigenvalue weighted by Gasteiger charge is -2.12. The van der Waals surface area contributed by atoms with E-state index in [-0.39, 0.29) is 18.5 Å². The van der Waals surface area contributed by atoms with Gasteiger partial charge in [-0.2, -0.15) is 0 Å². The highest BCUT2D eigenvalue weighted by Crippen LogP contribution is 2.22. The quantitative estimate of drug-likeness (QED) is 0.872. The normalized spacial score (nSPS) is 23.6. The van der Waals surface area contributed by atoms with Crippen molar-refractivity contribution in [1.29, 1.82) is 0 Å². The van der Waals surface area contributed by atoms with Crippen molar-refractivity contribution in [2.45, 2.75) is 25.0 Å². The summed E-state index contributed by atoms with van der Waals surface area (Å²) in [6.07, 6.45) is 0.0476. The SMILES string of the molecule is O=C(O)C1CCC(COc2ccccc2F)O1. The van der Waals surface area contributed by atoms with E-state index in [1.54, 1.807) is 12.1 Å². The van der Waals surface area contributed by atoms with Crippen LogP contribution in [0.1, 0.15) is 12.8 Å². The molecular formula is C12H13FO4. The molecule has 4 nitrogen and oxygen atoms in total. The average molecular weight is 240 g/mol. The molecule has 92 valence electrons. The van der Waals surface area contributed by atoms with Crippen molar-refractivity contribution in [1.82, 2.24) is 0 Å². The molecule has 0 radical (unpaired) electrons. The second kappa shape index (κ2) is 5.14. The minimum Gasteiger partial charge on any atom is -0.488 e. The number of carboxylic acid groups (broad SMARTS) is 1. The summed E-state index contributed by atoms with van der Waals surface area (Å²) in [6.45, 7) is 0.171. The number of carboxylic acids is 1. The highest BCUT2D eigenvalue weighted by molar-refractivity contribution is 5.72. The zero-order valence-electron chi connectivity index (χ0n) is 9.14. The van der Waals surface area contributed by atoms with Crippen LogP contribution in [0.15, 0.2) is 24.3 Å². The first-order valence-corrected chi connectivity index (χ1v) is 5.42. The van der Waals surface area contributed by atoms with E-state index in [0.29, 0.717) is 12.8 Å². The summed E-state index contributed by atoms with van der Waals surface area (Å²) in [5.74, 6) is -1.23. The molecule has 1 aromatic rings. The summed E-state index contributed by atoms with van der Waals surface area (Å²) >= 11 is 0. The van der Waals surface area contributed by atoms with Crippen LogP contribution in [0.3, 0.4) is 0 Å². The molecular weight excluding hydrogens is 227 g/mol. The standard InChI is InChI=1S/C12H13FO4/c13-9-3-1-2-4-10(9)16-7-8-5-6-11(17-8)12(14)15/h1-4,8,11H,5-7H2,(H,14,15). The molecule has 0 spiro atoms. The second-order valence-corrected chi connectivity index (χ2v) is 3.90. The van der Waals surface area contributed by atoms with Crippen molar-refractivity contribution in [2.24, 2.45) is 0 Å². The van der Waals surface area contributed by atoms with Crippen LogP contribution >= 0.6 is 0 Å². The molecule has 1 aliphatic rings. The van der Waals surface area contributed by atoms with Gasteiger partial charge in [0.1, 0.15) is 6.61 Å². The number of para-hydroxylation sites is 1. The maximum atomic E-state index is 13.2. The Morgan fingerprint density at radius 1 is 1.47 bits per heavy atom. The minimum absolute atomic E-state index is 0.162. The van der Waals surface area contributed by atoms with Crippen LogP contribution in [-0.4, -0.2) is 29.9 Å². The molecule has 1 aromatic carbocycles. The van der Waals surface area contributed by atoms with E-state index in [2.05, 4.69) is 0 Å². The maximum Gasteiger partial charge on any atom is 0.332 e. The van der Waals surface area contributed by atoms with Crippen molar-refractivity contribution in [3.05, 3.63) is 30.1 Å². The van der Waals surface area contributed by atoms with Gasteiger partial charge in [-0.05, 0) is 25.0 Å². The molecule has 0 aliphatic carbocycles. The summed E-state index contributed by atoms with van der Waals surface area (Å²) < 4.78 is 23.7. The highest BCUT2D eigenvalue weighted by Gasteiger charge is 2.30. The van der Waals surface area contributed by atoms with Crippen LogP contribution in [0.25, 0.3) is 0 Å². The Balaban J connectivity index is 1.84. The molecule has 2 unspecified atom stereocenters. The maximum absolute atomic E-state index is 13.2. The predicted molar refractivity (Wildman–Crippen MR) is 57.4 cm³/mol. The third-order valence-electron chi connectivity index (χ3n) is 2.64. The van der Waals surface area contributed by atoms with Gasteiger partial charge in [0.2, 0.25) is 0 Å². The molecule has 2 rings (SSSR count). The fraction of sp³-hybridized carbons (Fsp3) is 0.417. The molecule has 1 fully saturated rings. The van der Waals surface area contributed by atoms with Crippen molar-refractivity contribution >= 4 is 5.97 Å².